The van der Waals surface area contributed by atoms with Gasteiger partial charge in [0.15, 0.2) is 0 Å². The molecule has 0 saturated carbocycles. The summed E-state index contributed by atoms with van der Waals surface area (Å²) in [6.07, 6.45) is 1.35. The van der Waals surface area contributed by atoms with E-state index in [4.69, 9.17) is 9.47 Å². The van der Waals surface area contributed by atoms with Crippen molar-refractivity contribution in [1.29, 1.82) is 0 Å². The van der Waals surface area contributed by atoms with Crippen LogP contribution in [0.5, 0.6) is 0 Å². The fraction of sp³-hybridized carbons (Fsp3) is 0.875. The Bertz CT molecular complexity index is 336. The average molecular weight is 343 g/mol. The zero-order chi connectivity index (χ0) is 16.1. The molecule has 22 heavy (non-hydrogen) atoms. The van der Waals surface area contributed by atoms with Crippen molar-refractivity contribution >= 4 is 16.5 Å². The number of ether oxygens (including phenoxy) is 2. The van der Waals surface area contributed by atoms with Crippen molar-refractivity contribution in [2.45, 2.75) is 38.2 Å². The van der Waals surface area contributed by atoms with E-state index in [9.17, 15) is 0 Å². The first kappa shape index (κ1) is 18.4. The summed E-state index contributed by atoms with van der Waals surface area (Å²) in [6.45, 7) is 19.6. The molecule has 2 aliphatic heterocycles. The van der Waals surface area contributed by atoms with Gasteiger partial charge >= 0.3 is 0 Å². The van der Waals surface area contributed by atoms with Gasteiger partial charge in [-0.2, -0.15) is 0 Å². The Hall–Kier alpha value is 0.0138. The second kappa shape index (κ2) is 8.21. The minimum atomic E-state index is -1.57. The van der Waals surface area contributed by atoms with Crippen LogP contribution in [-0.2, 0) is 9.47 Å². The summed E-state index contributed by atoms with van der Waals surface area (Å²) >= 11 is 0. The van der Waals surface area contributed by atoms with Gasteiger partial charge in [0.25, 0.3) is 0 Å². The molecular formula is C16H34N2O2Si2. The zero-order valence-corrected chi connectivity index (χ0v) is 16.8. The van der Waals surface area contributed by atoms with Crippen LogP contribution in [0, 0.1) is 0 Å². The van der Waals surface area contributed by atoms with Crippen LogP contribution in [0.1, 0.15) is 6.42 Å². The summed E-state index contributed by atoms with van der Waals surface area (Å²) in [5.41, 5.74) is 2.25. The van der Waals surface area contributed by atoms with E-state index in [1.165, 1.54) is 18.5 Å². The van der Waals surface area contributed by atoms with Crippen LogP contribution >= 0.6 is 0 Å². The van der Waals surface area contributed by atoms with Crippen molar-refractivity contribution in [3.05, 3.63) is 12.3 Å². The molecule has 0 aromatic rings. The lowest BCUT2D eigenvalue weighted by Gasteiger charge is -2.49. The second-order valence-corrected chi connectivity index (χ2v) is 16.5. The molecule has 0 spiro atoms. The van der Waals surface area contributed by atoms with Gasteiger partial charge in [0.05, 0.1) is 34.5 Å². The van der Waals surface area contributed by atoms with Gasteiger partial charge in [-0.05, 0) is 12.6 Å². The number of morpholine rings is 2. The summed E-state index contributed by atoms with van der Waals surface area (Å²) < 4.78 is 16.7. The van der Waals surface area contributed by atoms with Crippen molar-refractivity contribution in [2.75, 3.05) is 52.6 Å². The van der Waals surface area contributed by atoms with Crippen molar-refractivity contribution < 1.29 is 9.47 Å². The smallest absolute Gasteiger partial charge is 0.203 e. The SMILES string of the molecule is C=C[Si](C)(C)CCC[Si](C)(N1CCOCC1)N1CCOCC1. The fourth-order valence-corrected chi connectivity index (χ4v) is 9.40. The number of hydrogen-bond donors (Lipinski definition) is 0. The molecule has 2 rings (SSSR count). The Kier molecular flexibility index (Phi) is 6.85. The minimum absolute atomic E-state index is 0.903. The monoisotopic (exact) mass is 342 g/mol. The molecule has 0 amide bonds. The van der Waals surface area contributed by atoms with Gasteiger partial charge in [0.1, 0.15) is 0 Å². The number of hydrogen-bond acceptors (Lipinski definition) is 4. The number of rotatable bonds is 7. The molecular weight excluding hydrogens is 308 g/mol. The van der Waals surface area contributed by atoms with Crippen LogP contribution < -0.4 is 0 Å². The second-order valence-electron chi connectivity index (χ2n) is 7.46. The maximum absolute atomic E-state index is 5.59. The van der Waals surface area contributed by atoms with E-state index in [0.29, 0.717) is 0 Å². The molecule has 0 aromatic heterocycles. The van der Waals surface area contributed by atoms with E-state index in [-0.39, 0.29) is 0 Å². The lowest BCUT2D eigenvalue weighted by atomic mass is 10.5. The summed E-state index contributed by atoms with van der Waals surface area (Å²) in [5, 5.41) is 0. The predicted octanol–water partition coefficient (Wildman–Crippen LogP) is 2.55. The largest absolute Gasteiger partial charge is 0.379 e. The van der Waals surface area contributed by atoms with E-state index in [1.54, 1.807) is 0 Å². The van der Waals surface area contributed by atoms with Gasteiger partial charge in [-0.1, -0.05) is 25.6 Å². The van der Waals surface area contributed by atoms with Crippen molar-refractivity contribution in [2.24, 2.45) is 0 Å². The van der Waals surface area contributed by atoms with Crippen LogP contribution in [0.4, 0.5) is 0 Å². The molecule has 2 aliphatic rings. The van der Waals surface area contributed by atoms with Crippen LogP contribution in [-0.4, -0.2) is 78.2 Å². The van der Waals surface area contributed by atoms with Gasteiger partial charge in [0, 0.05) is 26.2 Å². The number of nitrogens with zero attached hydrogens (tertiary/aromatic N) is 2. The summed E-state index contributed by atoms with van der Waals surface area (Å²) in [6, 6.07) is 2.74. The van der Waals surface area contributed by atoms with Crippen LogP contribution in [0.2, 0.25) is 31.7 Å². The molecule has 2 fully saturated rings. The first-order valence-corrected chi connectivity index (χ1v) is 14.7. The molecule has 0 atom stereocenters. The Morgan fingerprint density at radius 3 is 1.73 bits per heavy atom. The molecule has 0 N–H and O–H groups in total. The molecule has 0 aromatic carbocycles. The molecule has 128 valence electrons. The molecule has 0 radical (unpaired) electrons. The maximum Gasteiger partial charge on any atom is 0.203 e. The first-order chi connectivity index (χ1) is 10.5. The van der Waals surface area contributed by atoms with Crippen molar-refractivity contribution in [1.82, 2.24) is 9.13 Å². The normalized spacial score (nSPS) is 22.7. The molecule has 2 heterocycles. The Morgan fingerprint density at radius 2 is 1.32 bits per heavy atom. The van der Waals surface area contributed by atoms with Gasteiger partial charge < -0.3 is 18.6 Å². The quantitative estimate of drug-likeness (QED) is 0.664. The van der Waals surface area contributed by atoms with Crippen LogP contribution in [0.15, 0.2) is 12.3 Å². The van der Waals surface area contributed by atoms with Gasteiger partial charge in [-0.25, -0.2) is 0 Å². The summed E-state index contributed by atoms with van der Waals surface area (Å²) in [7, 11) is -2.74. The highest BCUT2D eigenvalue weighted by atomic mass is 28.3. The lowest BCUT2D eigenvalue weighted by Crippen LogP contribution is -2.67. The molecule has 0 bridgehead atoms. The average Bonchev–Trinajstić information content (AvgIpc) is 2.56. The predicted molar refractivity (Wildman–Crippen MR) is 98.3 cm³/mol. The van der Waals surface area contributed by atoms with Gasteiger partial charge in [0.2, 0.25) is 8.40 Å². The highest BCUT2D eigenvalue weighted by Gasteiger charge is 2.42. The Labute approximate surface area is 138 Å². The first-order valence-electron chi connectivity index (χ1n) is 8.77. The van der Waals surface area contributed by atoms with E-state index < -0.39 is 16.5 Å². The van der Waals surface area contributed by atoms with E-state index >= 15 is 0 Å². The molecule has 6 heteroatoms. The third-order valence-corrected chi connectivity index (χ3v) is 13.1. The maximum atomic E-state index is 5.59. The van der Waals surface area contributed by atoms with E-state index in [2.05, 4.69) is 41.1 Å². The highest BCUT2D eigenvalue weighted by Crippen LogP contribution is 2.27. The molecule has 2 saturated heterocycles. The highest BCUT2D eigenvalue weighted by molar-refractivity contribution is 6.82. The van der Waals surface area contributed by atoms with Crippen molar-refractivity contribution in [3.8, 4) is 0 Å². The van der Waals surface area contributed by atoms with E-state index in [0.717, 1.165) is 52.6 Å². The van der Waals surface area contributed by atoms with Crippen LogP contribution in [0.3, 0.4) is 0 Å². The summed E-state index contributed by atoms with van der Waals surface area (Å²) in [5.74, 6) is 0. The fourth-order valence-electron chi connectivity index (χ4n) is 3.59. The Morgan fingerprint density at radius 1 is 0.864 bits per heavy atom. The molecule has 4 nitrogen and oxygen atoms in total. The van der Waals surface area contributed by atoms with E-state index in [1.807, 2.05) is 0 Å². The lowest BCUT2D eigenvalue weighted by molar-refractivity contribution is 0.0441. The van der Waals surface area contributed by atoms with Crippen molar-refractivity contribution in [3.63, 3.8) is 0 Å². The topological polar surface area (TPSA) is 24.9 Å². The van der Waals surface area contributed by atoms with Gasteiger partial charge in [-0.15, -0.1) is 12.3 Å². The van der Waals surface area contributed by atoms with Crippen LogP contribution in [0.25, 0.3) is 0 Å². The Balaban J connectivity index is 2.01. The third-order valence-electron chi connectivity index (χ3n) is 5.41. The minimum Gasteiger partial charge on any atom is -0.379 e. The molecule has 0 unspecified atom stereocenters. The summed E-state index contributed by atoms with van der Waals surface area (Å²) in [4.78, 5) is 0. The zero-order valence-electron chi connectivity index (χ0n) is 14.8. The molecule has 0 aliphatic carbocycles. The third kappa shape index (κ3) is 4.75. The van der Waals surface area contributed by atoms with Gasteiger partial charge in [-0.3, -0.25) is 0 Å². The standard InChI is InChI=1S/C16H34N2O2Si2/c1-5-21(2,3)15-6-16-22(4,17-7-11-19-12-8-17)18-9-13-20-14-10-18/h5H,1,6-16H2,2-4H3.